The molecule has 0 aliphatic carbocycles. The van der Waals surface area contributed by atoms with E-state index in [1.54, 1.807) is 20.1 Å². The largest absolute Gasteiger partial charge is 0.351 e. The van der Waals surface area contributed by atoms with Crippen LogP contribution >= 0.6 is 19.2 Å². The molecule has 0 aromatic rings. The molecule has 0 bridgehead atoms. The van der Waals surface area contributed by atoms with Crippen LogP contribution in [0.15, 0.2) is 4.99 Å². The lowest BCUT2D eigenvalue weighted by atomic mass is 10.0. The summed E-state index contributed by atoms with van der Waals surface area (Å²) in [5.41, 5.74) is 0. The van der Waals surface area contributed by atoms with Gasteiger partial charge in [-0.05, 0) is 26.7 Å². The third-order valence-corrected chi connectivity index (χ3v) is 4.85. The summed E-state index contributed by atoms with van der Waals surface area (Å²) in [5, 5.41) is 0. The van der Waals surface area contributed by atoms with E-state index in [-0.39, 0.29) is 6.29 Å². The Kier molecular flexibility index (Phi) is 8.31. The molecular formula is C11H23ClNO3P. The number of nitrogens with zero attached hydrogens (tertiary/aromatic N) is 1. The van der Waals surface area contributed by atoms with Gasteiger partial charge in [-0.15, -0.1) is 11.6 Å². The van der Waals surface area contributed by atoms with Crippen molar-refractivity contribution in [2.75, 3.05) is 19.5 Å². The minimum absolute atomic E-state index is 0.0309. The van der Waals surface area contributed by atoms with Gasteiger partial charge in [-0.1, -0.05) is 13.8 Å². The Hall–Kier alpha value is 0.110. The number of hydrogen-bond acceptors (Lipinski definition) is 4. The van der Waals surface area contributed by atoms with Crippen LogP contribution in [0.1, 0.15) is 40.5 Å². The maximum atomic E-state index is 12.1. The zero-order chi connectivity index (χ0) is 13.4. The minimum atomic E-state index is -3.08. The van der Waals surface area contributed by atoms with Gasteiger partial charge in [0.1, 0.15) is 6.29 Å². The number of halogens is 1. The van der Waals surface area contributed by atoms with E-state index in [0.29, 0.717) is 13.2 Å². The summed E-state index contributed by atoms with van der Waals surface area (Å²) in [4.78, 5) is 3.67. The zero-order valence-corrected chi connectivity index (χ0v) is 12.8. The van der Waals surface area contributed by atoms with E-state index in [9.17, 15) is 4.57 Å². The minimum Gasteiger partial charge on any atom is -0.308 e. The van der Waals surface area contributed by atoms with Crippen LogP contribution in [-0.2, 0) is 13.6 Å². The van der Waals surface area contributed by atoms with E-state index in [0.717, 1.165) is 12.8 Å². The molecule has 4 nitrogen and oxygen atoms in total. The topological polar surface area (TPSA) is 47.9 Å². The third-order valence-electron chi connectivity index (χ3n) is 2.40. The average molecular weight is 284 g/mol. The van der Waals surface area contributed by atoms with Gasteiger partial charge in [-0.2, -0.15) is 0 Å². The van der Waals surface area contributed by atoms with E-state index >= 15 is 0 Å². The van der Waals surface area contributed by atoms with Crippen molar-refractivity contribution >= 4 is 25.4 Å². The van der Waals surface area contributed by atoms with Crippen molar-refractivity contribution in [3.8, 4) is 0 Å². The molecule has 0 unspecified atom stereocenters. The highest BCUT2D eigenvalue weighted by Gasteiger charge is 2.24. The smallest absolute Gasteiger partial charge is 0.308 e. The molecule has 0 N–H and O–H groups in total. The summed E-state index contributed by atoms with van der Waals surface area (Å²) in [7, 11) is -3.08. The molecule has 0 aromatic heterocycles. The third kappa shape index (κ3) is 6.56. The molecule has 0 saturated heterocycles. The first kappa shape index (κ1) is 17.1. The van der Waals surface area contributed by atoms with E-state index < -0.39 is 12.5 Å². The first-order chi connectivity index (χ1) is 7.95. The van der Waals surface area contributed by atoms with Crippen LogP contribution in [0.5, 0.6) is 0 Å². The summed E-state index contributed by atoms with van der Waals surface area (Å²) >= 11 is 6.27. The van der Waals surface area contributed by atoms with Gasteiger partial charge in [-0.3, -0.25) is 9.56 Å². The van der Waals surface area contributed by atoms with Crippen LogP contribution in [-0.4, -0.2) is 30.6 Å². The van der Waals surface area contributed by atoms with Crippen molar-refractivity contribution in [3.63, 3.8) is 0 Å². The first-order valence-electron chi connectivity index (χ1n) is 6.03. The molecule has 0 heterocycles. The summed E-state index contributed by atoms with van der Waals surface area (Å²) in [6.45, 7) is 8.24. The Morgan fingerprint density at radius 1 is 1.18 bits per heavy atom. The number of alkyl halides is 1. The second kappa shape index (κ2) is 8.25. The average Bonchev–Trinajstić information content (AvgIpc) is 2.29. The van der Waals surface area contributed by atoms with Crippen LogP contribution < -0.4 is 0 Å². The maximum absolute atomic E-state index is 12.1. The van der Waals surface area contributed by atoms with Crippen molar-refractivity contribution in [1.82, 2.24) is 0 Å². The Morgan fingerprint density at radius 2 is 1.65 bits per heavy atom. The van der Waals surface area contributed by atoms with Gasteiger partial charge >= 0.3 is 7.60 Å². The lowest BCUT2D eigenvalue weighted by molar-refractivity contribution is 0.221. The van der Waals surface area contributed by atoms with Crippen molar-refractivity contribution in [3.05, 3.63) is 0 Å². The molecule has 0 spiro atoms. The Bertz CT molecular complexity index is 270. The molecule has 102 valence electrons. The number of hydrogen-bond donors (Lipinski definition) is 0. The number of aliphatic imine (C=N–C) groups is 1. The van der Waals surface area contributed by atoms with Crippen LogP contribution in [0, 0.1) is 0 Å². The van der Waals surface area contributed by atoms with Crippen molar-refractivity contribution in [2.24, 2.45) is 4.99 Å². The second-order valence-corrected chi connectivity index (χ2v) is 6.42. The highest BCUT2D eigenvalue weighted by molar-refractivity contribution is 7.53. The van der Waals surface area contributed by atoms with Crippen LogP contribution in [0.2, 0.25) is 0 Å². The number of rotatable bonds is 9. The van der Waals surface area contributed by atoms with Crippen molar-refractivity contribution in [2.45, 2.75) is 45.4 Å². The fraction of sp³-hybridized carbons (Fsp3) is 0.909. The monoisotopic (exact) mass is 283 g/mol. The molecule has 0 fully saturated rings. The summed E-state index contributed by atoms with van der Waals surface area (Å²) in [5.74, 6) is 0. The lowest BCUT2D eigenvalue weighted by Gasteiger charge is -2.19. The molecule has 0 aromatic carbocycles. The van der Waals surface area contributed by atoms with Gasteiger partial charge in [0, 0.05) is 6.21 Å². The van der Waals surface area contributed by atoms with Crippen molar-refractivity contribution < 1.29 is 13.6 Å². The normalized spacial score (nSPS) is 13.5. The maximum Gasteiger partial charge on any atom is 0.351 e. The van der Waals surface area contributed by atoms with Crippen LogP contribution in [0.4, 0.5) is 0 Å². The second-order valence-electron chi connectivity index (χ2n) is 3.64. The summed E-state index contributed by atoms with van der Waals surface area (Å²) < 4.78 is 22.3. The van der Waals surface area contributed by atoms with Gasteiger partial charge in [0.15, 0.2) is 0 Å². The molecular weight excluding hydrogens is 261 g/mol. The van der Waals surface area contributed by atoms with Gasteiger partial charge in [0.25, 0.3) is 0 Å². The molecule has 0 saturated carbocycles. The Labute approximate surface area is 109 Å². The molecule has 0 amide bonds. The quantitative estimate of drug-likeness (QED) is 0.364. The summed E-state index contributed by atoms with van der Waals surface area (Å²) in [6, 6.07) is 0. The van der Waals surface area contributed by atoms with Crippen LogP contribution in [0.25, 0.3) is 0 Å². The lowest BCUT2D eigenvalue weighted by Crippen LogP contribution is -2.20. The van der Waals surface area contributed by atoms with Crippen molar-refractivity contribution in [1.29, 1.82) is 0 Å². The standard InChI is InChI=1S/C11H23ClNO3P/c1-5-11(12,6-2)9-13-10-17(14,15-7-3)16-8-4/h9H,5-8,10H2,1-4H3/b13-9+. The first-order valence-corrected chi connectivity index (χ1v) is 8.13. The van der Waals surface area contributed by atoms with Crippen LogP contribution in [0.3, 0.4) is 0 Å². The molecule has 0 aliphatic heterocycles. The fourth-order valence-corrected chi connectivity index (χ4v) is 2.62. The van der Waals surface area contributed by atoms with E-state index in [2.05, 4.69) is 4.99 Å². The summed E-state index contributed by atoms with van der Waals surface area (Å²) in [6.07, 6.45) is 3.24. The highest BCUT2D eigenvalue weighted by Crippen LogP contribution is 2.47. The molecule has 6 heteroatoms. The molecule has 17 heavy (non-hydrogen) atoms. The highest BCUT2D eigenvalue weighted by atomic mass is 35.5. The predicted octanol–water partition coefficient (Wildman–Crippen LogP) is 4.08. The zero-order valence-electron chi connectivity index (χ0n) is 11.1. The Balaban J connectivity index is 4.49. The van der Waals surface area contributed by atoms with E-state index in [4.69, 9.17) is 20.6 Å². The van der Waals surface area contributed by atoms with E-state index in [1.165, 1.54) is 0 Å². The molecule has 0 rings (SSSR count). The van der Waals surface area contributed by atoms with Gasteiger partial charge in [-0.25, -0.2) is 0 Å². The van der Waals surface area contributed by atoms with Gasteiger partial charge in [0.05, 0.1) is 18.1 Å². The molecule has 0 atom stereocenters. The van der Waals surface area contributed by atoms with Gasteiger partial charge < -0.3 is 9.05 Å². The Morgan fingerprint density at radius 3 is 2.00 bits per heavy atom. The fourth-order valence-electron chi connectivity index (χ4n) is 1.25. The van der Waals surface area contributed by atoms with Gasteiger partial charge in [0.2, 0.25) is 0 Å². The SMILES string of the molecule is CCOP(=O)(C/N=C/C(Cl)(CC)CC)OCC. The molecule has 0 aliphatic rings. The molecule has 0 radical (unpaired) electrons. The predicted molar refractivity (Wildman–Crippen MR) is 73.4 cm³/mol. The van der Waals surface area contributed by atoms with E-state index in [1.807, 2.05) is 13.8 Å².